The second kappa shape index (κ2) is 4.39. The Morgan fingerprint density at radius 2 is 2.31 bits per heavy atom. The van der Waals surface area contributed by atoms with E-state index in [4.69, 9.17) is 4.74 Å². The van der Waals surface area contributed by atoms with E-state index in [1.165, 1.54) is 13.2 Å². The summed E-state index contributed by atoms with van der Waals surface area (Å²) >= 11 is 0. The van der Waals surface area contributed by atoms with E-state index >= 15 is 0 Å². The third kappa shape index (κ3) is 2.54. The van der Waals surface area contributed by atoms with Crippen molar-refractivity contribution in [3.8, 4) is 0 Å². The van der Waals surface area contributed by atoms with E-state index in [-0.39, 0.29) is 12.1 Å². The first kappa shape index (κ1) is 10.2. The number of aliphatic hydroxyl groups excluding tert-OH is 1. The van der Waals surface area contributed by atoms with Gasteiger partial charge in [0, 0.05) is 25.5 Å². The minimum Gasteiger partial charge on any atom is -0.466 e. The Balaban J connectivity index is 2.68. The molecule has 4 heteroatoms. The van der Waals surface area contributed by atoms with Crippen LogP contribution in [0.2, 0.25) is 0 Å². The summed E-state index contributed by atoms with van der Waals surface area (Å²) in [5, 5.41) is 9.36. The zero-order valence-corrected chi connectivity index (χ0v) is 7.82. The van der Waals surface area contributed by atoms with E-state index < -0.39 is 6.10 Å². The molecule has 2 atom stereocenters. The number of esters is 1. The number of methoxy groups -OCH3 is 2. The Bertz CT molecular complexity index is 222. The Kier molecular flexibility index (Phi) is 3.45. The largest absolute Gasteiger partial charge is 0.466 e. The fourth-order valence-electron chi connectivity index (χ4n) is 1.43. The summed E-state index contributed by atoms with van der Waals surface area (Å²) in [6, 6.07) is 0. The van der Waals surface area contributed by atoms with Gasteiger partial charge in [0.25, 0.3) is 0 Å². The lowest BCUT2D eigenvalue weighted by Gasteiger charge is -2.23. The predicted octanol–water partition coefficient (Wildman–Crippen LogP) is 0.255. The first-order valence-corrected chi connectivity index (χ1v) is 4.17. The third-order valence-corrected chi connectivity index (χ3v) is 2.13. The van der Waals surface area contributed by atoms with Crippen LogP contribution in [0.4, 0.5) is 0 Å². The fraction of sp³-hybridized carbons (Fsp3) is 0.667. The van der Waals surface area contributed by atoms with Gasteiger partial charge in [0.05, 0.1) is 19.3 Å². The molecule has 0 saturated carbocycles. The van der Waals surface area contributed by atoms with E-state index in [2.05, 4.69) is 4.74 Å². The van der Waals surface area contributed by atoms with Gasteiger partial charge in [-0.3, -0.25) is 0 Å². The van der Waals surface area contributed by atoms with Crippen LogP contribution in [0.1, 0.15) is 12.8 Å². The van der Waals surface area contributed by atoms with Gasteiger partial charge in [-0.1, -0.05) is 0 Å². The average Bonchev–Trinajstić information content (AvgIpc) is 2.15. The number of carbonyl (C=O) groups excluding carboxylic acids is 1. The molecule has 1 aliphatic carbocycles. The summed E-state index contributed by atoms with van der Waals surface area (Å²) in [5.41, 5.74) is 0.494. The molecule has 13 heavy (non-hydrogen) atoms. The number of carbonyl (C=O) groups is 1. The topological polar surface area (TPSA) is 55.8 Å². The van der Waals surface area contributed by atoms with Crippen LogP contribution in [-0.2, 0) is 14.3 Å². The van der Waals surface area contributed by atoms with Crippen LogP contribution in [0.25, 0.3) is 0 Å². The van der Waals surface area contributed by atoms with Crippen molar-refractivity contribution < 1.29 is 19.4 Å². The molecular weight excluding hydrogens is 172 g/mol. The quantitative estimate of drug-likeness (QED) is 0.628. The molecule has 0 aromatic heterocycles. The van der Waals surface area contributed by atoms with Gasteiger partial charge in [0.2, 0.25) is 0 Å². The molecule has 0 amide bonds. The molecule has 1 N–H and O–H groups in total. The summed E-state index contributed by atoms with van der Waals surface area (Å²) in [5.74, 6) is -0.388. The number of hydrogen-bond donors (Lipinski definition) is 1. The highest BCUT2D eigenvalue weighted by atomic mass is 16.5. The smallest absolute Gasteiger partial charge is 0.333 e. The van der Waals surface area contributed by atoms with Crippen molar-refractivity contribution >= 4 is 5.97 Å². The van der Waals surface area contributed by atoms with Crippen LogP contribution in [0.5, 0.6) is 0 Å². The molecule has 0 aliphatic heterocycles. The highest BCUT2D eigenvalue weighted by Crippen LogP contribution is 2.21. The second-order valence-corrected chi connectivity index (χ2v) is 3.05. The molecule has 1 rings (SSSR count). The van der Waals surface area contributed by atoms with Crippen LogP contribution in [0, 0.1) is 0 Å². The highest BCUT2D eigenvalue weighted by molar-refractivity contribution is 5.88. The van der Waals surface area contributed by atoms with Crippen molar-refractivity contribution in [1.82, 2.24) is 0 Å². The number of aliphatic hydroxyl groups is 1. The zero-order valence-electron chi connectivity index (χ0n) is 7.82. The SMILES string of the molecule is COC(=O)C1=C[C@@H](O)CC(OC)C1. The standard InChI is InChI=1S/C9H14O4/c1-12-8-4-6(9(11)13-2)3-7(10)5-8/h3,7-8,10H,4-5H2,1-2H3/t7-,8?/m1/s1. The van der Waals surface area contributed by atoms with Gasteiger partial charge < -0.3 is 14.6 Å². The first-order chi connectivity index (χ1) is 6.17. The highest BCUT2D eigenvalue weighted by Gasteiger charge is 2.24. The van der Waals surface area contributed by atoms with E-state index in [1.54, 1.807) is 7.11 Å². The Morgan fingerprint density at radius 3 is 2.85 bits per heavy atom. The third-order valence-electron chi connectivity index (χ3n) is 2.13. The molecule has 0 saturated heterocycles. The molecule has 4 nitrogen and oxygen atoms in total. The number of rotatable bonds is 2. The molecule has 0 fully saturated rings. The van der Waals surface area contributed by atoms with Crippen molar-refractivity contribution in [2.45, 2.75) is 25.0 Å². The normalized spacial score (nSPS) is 28.1. The van der Waals surface area contributed by atoms with Crippen LogP contribution in [-0.4, -0.2) is 37.5 Å². The fourth-order valence-corrected chi connectivity index (χ4v) is 1.43. The summed E-state index contributed by atoms with van der Waals surface area (Å²) in [6.07, 6.45) is 1.89. The lowest BCUT2D eigenvalue weighted by molar-refractivity contribution is -0.137. The van der Waals surface area contributed by atoms with Crippen LogP contribution in [0.3, 0.4) is 0 Å². The maximum absolute atomic E-state index is 11.1. The van der Waals surface area contributed by atoms with E-state index in [9.17, 15) is 9.90 Å². The summed E-state index contributed by atoms with van der Waals surface area (Å²) in [6.45, 7) is 0. The molecule has 74 valence electrons. The Labute approximate surface area is 77.1 Å². The predicted molar refractivity (Wildman–Crippen MR) is 46.1 cm³/mol. The molecule has 0 aromatic carbocycles. The van der Waals surface area contributed by atoms with Crippen molar-refractivity contribution in [2.24, 2.45) is 0 Å². The molecule has 1 unspecified atom stereocenters. The van der Waals surface area contributed by atoms with Crippen molar-refractivity contribution in [2.75, 3.05) is 14.2 Å². The summed E-state index contributed by atoms with van der Waals surface area (Å²) < 4.78 is 9.63. The van der Waals surface area contributed by atoms with Crippen LogP contribution >= 0.6 is 0 Å². The van der Waals surface area contributed by atoms with Crippen molar-refractivity contribution in [1.29, 1.82) is 0 Å². The number of hydrogen-bond acceptors (Lipinski definition) is 4. The molecule has 0 spiro atoms. The van der Waals surface area contributed by atoms with Gasteiger partial charge in [-0.2, -0.15) is 0 Å². The second-order valence-electron chi connectivity index (χ2n) is 3.05. The minimum atomic E-state index is -0.604. The van der Waals surface area contributed by atoms with Gasteiger partial charge in [-0.05, 0) is 6.08 Å². The zero-order chi connectivity index (χ0) is 9.84. The van der Waals surface area contributed by atoms with Gasteiger partial charge in [-0.25, -0.2) is 4.79 Å². The summed E-state index contributed by atoms with van der Waals surface area (Å²) in [4.78, 5) is 11.1. The lowest BCUT2D eigenvalue weighted by atomic mass is 9.95. The molecular formula is C9H14O4. The van der Waals surface area contributed by atoms with E-state index in [0.717, 1.165) is 0 Å². The van der Waals surface area contributed by atoms with Gasteiger partial charge in [0.15, 0.2) is 0 Å². The molecule has 1 aliphatic rings. The van der Waals surface area contributed by atoms with Gasteiger partial charge in [0.1, 0.15) is 0 Å². The van der Waals surface area contributed by atoms with Gasteiger partial charge >= 0.3 is 5.97 Å². The lowest BCUT2D eigenvalue weighted by Crippen LogP contribution is -2.26. The van der Waals surface area contributed by atoms with Crippen molar-refractivity contribution in [3.63, 3.8) is 0 Å². The summed E-state index contributed by atoms with van der Waals surface area (Å²) in [7, 11) is 2.89. The Morgan fingerprint density at radius 1 is 1.62 bits per heavy atom. The maximum atomic E-state index is 11.1. The van der Waals surface area contributed by atoms with Crippen LogP contribution < -0.4 is 0 Å². The minimum absolute atomic E-state index is 0.0888. The maximum Gasteiger partial charge on any atom is 0.333 e. The monoisotopic (exact) mass is 186 g/mol. The number of ether oxygens (including phenoxy) is 2. The first-order valence-electron chi connectivity index (χ1n) is 4.17. The van der Waals surface area contributed by atoms with Crippen LogP contribution in [0.15, 0.2) is 11.6 Å². The van der Waals surface area contributed by atoms with E-state index in [0.29, 0.717) is 18.4 Å². The molecule has 0 bridgehead atoms. The molecule has 0 radical (unpaired) electrons. The average molecular weight is 186 g/mol. The molecule has 0 aromatic rings. The van der Waals surface area contributed by atoms with E-state index in [1.807, 2.05) is 0 Å². The van der Waals surface area contributed by atoms with Gasteiger partial charge in [-0.15, -0.1) is 0 Å². The van der Waals surface area contributed by atoms with Crippen molar-refractivity contribution in [3.05, 3.63) is 11.6 Å². The Hall–Kier alpha value is -0.870. The molecule has 0 heterocycles.